The second kappa shape index (κ2) is 4.77. The molecule has 0 aromatic heterocycles. The summed E-state index contributed by atoms with van der Waals surface area (Å²) in [5.41, 5.74) is 0. The Balaban J connectivity index is 2.02. The molecule has 84 valence electrons. The normalized spacial score (nSPS) is 30.8. The van der Waals surface area contributed by atoms with Crippen LogP contribution in [0.3, 0.4) is 0 Å². The fraction of sp³-hybridized carbons (Fsp3) is 0.833. The highest BCUT2D eigenvalue weighted by Gasteiger charge is 2.35. The van der Waals surface area contributed by atoms with Crippen molar-refractivity contribution in [3.63, 3.8) is 0 Å². The molecular formula is C12H19NO2. The molecule has 2 rings (SSSR count). The van der Waals surface area contributed by atoms with Crippen LogP contribution in [0.5, 0.6) is 0 Å². The Bertz CT molecular complexity index is 250. The van der Waals surface area contributed by atoms with Crippen LogP contribution in [0.1, 0.15) is 44.9 Å². The summed E-state index contributed by atoms with van der Waals surface area (Å²) < 4.78 is 0. The van der Waals surface area contributed by atoms with Gasteiger partial charge in [0.05, 0.1) is 6.42 Å². The fourth-order valence-corrected chi connectivity index (χ4v) is 3.12. The van der Waals surface area contributed by atoms with Crippen LogP contribution in [0.4, 0.5) is 0 Å². The molecule has 0 N–H and O–H groups in total. The minimum Gasteiger partial charge on any atom is -0.339 e. The zero-order valence-electron chi connectivity index (χ0n) is 9.15. The van der Waals surface area contributed by atoms with E-state index in [-0.39, 0.29) is 12.3 Å². The summed E-state index contributed by atoms with van der Waals surface area (Å²) in [6.07, 6.45) is 8.17. The van der Waals surface area contributed by atoms with Gasteiger partial charge >= 0.3 is 0 Å². The van der Waals surface area contributed by atoms with Gasteiger partial charge in [-0.05, 0) is 31.6 Å². The van der Waals surface area contributed by atoms with Crippen LogP contribution < -0.4 is 0 Å². The van der Waals surface area contributed by atoms with Gasteiger partial charge in [0, 0.05) is 12.6 Å². The van der Waals surface area contributed by atoms with Crippen LogP contribution >= 0.6 is 0 Å². The predicted molar refractivity (Wildman–Crippen MR) is 57.4 cm³/mol. The van der Waals surface area contributed by atoms with Crippen LogP contribution in [0.25, 0.3) is 0 Å². The van der Waals surface area contributed by atoms with E-state index >= 15 is 0 Å². The molecule has 3 heteroatoms. The van der Waals surface area contributed by atoms with Gasteiger partial charge in [0.15, 0.2) is 0 Å². The van der Waals surface area contributed by atoms with Crippen LogP contribution in [-0.2, 0) is 9.59 Å². The van der Waals surface area contributed by atoms with E-state index in [2.05, 4.69) is 0 Å². The summed E-state index contributed by atoms with van der Waals surface area (Å²) in [5.74, 6) is 0.754. The smallest absolute Gasteiger partial charge is 0.229 e. The van der Waals surface area contributed by atoms with Crippen LogP contribution in [0.15, 0.2) is 0 Å². The number of carbonyl (C=O) groups is 2. The van der Waals surface area contributed by atoms with Gasteiger partial charge in [-0.1, -0.05) is 12.8 Å². The summed E-state index contributed by atoms with van der Waals surface area (Å²) in [7, 11) is 0. The molecule has 0 bridgehead atoms. The standard InChI is InChI=1S/C12H19NO2/c14-9-7-12(15)13-8-3-5-10-4-1-2-6-11(10)13/h9-11H,1-8H2. The van der Waals surface area contributed by atoms with Crippen molar-refractivity contribution in [1.82, 2.24) is 4.90 Å². The molecule has 3 nitrogen and oxygen atoms in total. The van der Waals surface area contributed by atoms with Crippen LogP contribution in [-0.4, -0.2) is 29.7 Å². The van der Waals surface area contributed by atoms with E-state index in [0.29, 0.717) is 12.0 Å². The molecule has 1 saturated carbocycles. The van der Waals surface area contributed by atoms with Gasteiger partial charge < -0.3 is 9.69 Å². The molecule has 2 fully saturated rings. The molecule has 0 radical (unpaired) electrons. The van der Waals surface area contributed by atoms with Crippen molar-refractivity contribution in [2.24, 2.45) is 5.92 Å². The zero-order chi connectivity index (χ0) is 10.7. The number of aldehydes is 1. The summed E-state index contributed by atoms with van der Waals surface area (Å²) in [6, 6.07) is 0.444. The van der Waals surface area contributed by atoms with Crippen molar-refractivity contribution >= 4 is 12.2 Å². The van der Waals surface area contributed by atoms with E-state index in [1.54, 1.807) is 0 Å². The number of amides is 1. The lowest BCUT2D eigenvalue weighted by atomic mass is 9.78. The summed E-state index contributed by atoms with van der Waals surface area (Å²) in [4.78, 5) is 24.1. The minimum atomic E-state index is 0.0431. The third-order valence-corrected chi connectivity index (χ3v) is 3.82. The van der Waals surface area contributed by atoms with Crippen molar-refractivity contribution in [2.45, 2.75) is 51.0 Å². The Morgan fingerprint density at radius 2 is 1.93 bits per heavy atom. The van der Waals surface area contributed by atoms with Gasteiger partial charge in [-0.25, -0.2) is 0 Å². The molecule has 0 aromatic rings. The number of piperidine rings is 1. The van der Waals surface area contributed by atoms with E-state index in [1.807, 2.05) is 4.90 Å². The molecule has 0 aromatic carbocycles. The van der Waals surface area contributed by atoms with Gasteiger partial charge in [-0.3, -0.25) is 4.79 Å². The molecule has 15 heavy (non-hydrogen) atoms. The van der Waals surface area contributed by atoms with Crippen molar-refractivity contribution in [1.29, 1.82) is 0 Å². The first-order valence-corrected chi connectivity index (χ1v) is 6.06. The first kappa shape index (κ1) is 10.7. The first-order chi connectivity index (χ1) is 7.33. The van der Waals surface area contributed by atoms with Gasteiger partial charge in [0.1, 0.15) is 6.29 Å². The second-order valence-corrected chi connectivity index (χ2v) is 4.71. The molecule has 1 saturated heterocycles. The highest BCUT2D eigenvalue weighted by Crippen LogP contribution is 2.35. The maximum Gasteiger partial charge on any atom is 0.229 e. The highest BCUT2D eigenvalue weighted by molar-refractivity contribution is 5.88. The molecule has 1 amide bonds. The lowest BCUT2D eigenvalue weighted by Crippen LogP contribution is -2.49. The number of hydrogen-bond donors (Lipinski definition) is 0. The maximum atomic E-state index is 11.7. The van der Waals surface area contributed by atoms with Gasteiger partial charge in [0.2, 0.25) is 5.91 Å². The Kier molecular flexibility index (Phi) is 3.39. The number of rotatable bonds is 2. The molecular weight excluding hydrogens is 190 g/mol. The minimum absolute atomic E-state index is 0.0431. The van der Waals surface area contributed by atoms with E-state index < -0.39 is 0 Å². The third-order valence-electron chi connectivity index (χ3n) is 3.82. The quantitative estimate of drug-likeness (QED) is 0.513. The monoisotopic (exact) mass is 209 g/mol. The molecule has 1 aliphatic heterocycles. The second-order valence-electron chi connectivity index (χ2n) is 4.71. The summed E-state index contributed by atoms with van der Waals surface area (Å²) in [6.45, 7) is 0.869. The molecule has 2 unspecified atom stereocenters. The molecule has 1 aliphatic carbocycles. The Labute approximate surface area is 90.8 Å². The zero-order valence-corrected chi connectivity index (χ0v) is 9.15. The maximum absolute atomic E-state index is 11.7. The summed E-state index contributed by atoms with van der Waals surface area (Å²) >= 11 is 0. The Morgan fingerprint density at radius 1 is 1.20 bits per heavy atom. The topological polar surface area (TPSA) is 37.4 Å². The number of fused-ring (bicyclic) bond motifs is 1. The Hall–Kier alpha value is -0.860. The SMILES string of the molecule is O=CCC(=O)N1CCCC2CCCCC21. The van der Waals surface area contributed by atoms with Crippen molar-refractivity contribution < 1.29 is 9.59 Å². The average molecular weight is 209 g/mol. The highest BCUT2D eigenvalue weighted by atomic mass is 16.2. The fourth-order valence-electron chi connectivity index (χ4n) is 3.12. The van der Waals surface area contributed by atoms with Gasteiger partial charge in [0.25, 0.3) is 0 Å². The van der Waals surface area contributed by atoms with Crippen molar-refractivity contribution in [3.05, 3.63) is 0 Å². The van der Waals surface area contributed by atoms with Crippen LogP contribution in [0, 0.1) is 5.92 Å². The van der Waals surface area contributed by atoms with E-state index in [0.717, 1.165) is 25.7 Å². The molecule has 2 aliphatic rings. The predicted octanol–water partition coefficient (Wildman–Crippen LogP) is 1.76. The number of carbonyl (C=O) groups excluding carboxylic acids is 2. The van der Waals surface area contributed by atoms with Crippen LogP contribution in [0.2, 0.25) is 0 Å². The molecule has 2 atom stereocenters. The first-order valence-electron chi connectivity index (χ1n) is 6.06. The number of hydrogen-bond acceptors (Lipinski definition) is 2. The molecule has 1 heterocycles. The number of likely N-dealkylation sites (tertiary alicyclic amines) is 1. The largest absolute Gasteiger partial charge is 0.339 e. The van der Waals surface area contributed by atoms with E-state index in [9.17, 15) is 9.59 Å². The van der Waals surface area contributed by atoms with Crippen molar-refractivity contribution in [3.8, 4) is 0 Å². The Morgan fingerprint density at radius 3 is 2.73 bits per heavy atom. The lowest BCUT2D eigenvalue weighted by Gasteiger charge is -2.44. The third kappa shape index (κ3) is 2.21. The summed E-state index contributed by atoms with van der Waals surface area (Å²) in [5, 5.41) is 0. The lowest BCUT2D eigenvalue weighted by molar-refractivity contribution is -0.138. The average Bonchev–Trinajstić information content (AvgIpc) is 2.28. The molecule has 0 spiro atoms. The van der Waals surface area contributed by atoms with E-state index in [1.165, 1.54) is 25.7 Å². The van der Waals surface area contributed by atoms with Gasteiger partial charge in [-0.2, -0.15) is 0 Å². The van der Waals surface area contributed by atoms with E-state index in [4.69, 9.17) is 0 Å². The van der Waals surface area contributed by atoms with Crippen molar-refractivity contribution in [2.75, 3.05) is 6.54 Å². The number of nitrogens with zero attached hydrogens (tertiary/aromatic N) is 1. The van der Waals surface area contributed by atoms with Gasteiger partial charge in [-0.15, -0.1) is 0 Å².